The number of benzene rings is 1. The Morgan fingerprint density at radius 2 is 2.22 bits per heavy atom. The minimum absolute atomic E-state index is 0.334. The average molecular weight is 252 g/mol. The quantitative estimate of drug-likeness (QED) is 0.842. The fourth-order valence-electron chi connectivity index (χ4n) is 1.73. The molecule has 1 aromatic carbocycles. The van der Waals surface area contributed by atoms with Gasteiger partial charge in [0.15, 0.2) is 6.10 Å². The van der Waals surface area contributed by atoms with Gasteiger partial charge in [-0.2, -0.15) is 0 Å². The van der Waals surface area contributed by atoms with E-state index in [1.165, 1.54) is 0 Å². The largest absolute Gasteiger partial charge is 0.488 e. The Hall–Kier alpha value is -1.75. The van der Waals surface area contributed by atoms with Gasteiger partial charge in [-0.3, -0.25) is 0 Å². The molecule has 0 aromatic heterocycles. The van der Waals surface area contributed by atoms with Gasteiger partial charge in [-0.1, -0.05) is 6.07 Å². The van der Waals surface area contributed by atoms with Crippen LogP contribution in [0, 0.1) is 0 Å². The van der Waals surface area contributed by atoms with Crippen LogP contribution in [0.1, 0.15) is 19.4 Å². The zero-order valence-electron chi connectivity index (χ0n) is 10.3. The molecule has 2 N–H and O–H groups in total. The highest BCUT2D eigenvalue weighted by molar-refractivity contribution is 5.74. The van der Waals surface area contributed by atoms with Crippen molar-refractivity contribution in [3.8, 4) is 11.5 Å². The number of fused-ring (bicyclic) bond motifs is 1. The first-order valence-electron chi connectivity index (χ1n) is 5.84. The maximum Gasteiger partial charge on any atom is 0.345 e. The number of hydrogen-bond donors (Lipinski definition) is 2. The first kappa shape index (κ1) is 12.7. The summed E-state index contributed by atoms with van der Waals surface area (Å²) in [5.41, 5.74) is 0.861. The smallest absolute Gasteiger partial charge is 0.345 e. The van der Waals surface area contributed by atoms with Gasteiger partial charge in [0, 0.05) is 12.5 Å². The minimum atomic E-state index is -0.967. The summed E-state index contributed by atoms with van der Waals surface area (Å²) in [5, 5.41) is 18.2. The van der Waals surface area contributed by atoms with E-state index in [4.69, 9.17) is 14.6 Å². The van der Waals surface area contributed by atoms with Crippen LogP contribution >= 0.6 is 0 Å². The third-order valence-corrected chi connectivity index (χ3v) is 2.99. The van der Waals surface area contributed by atoms with Crippen molar-refractivity contribution in [1.29, 1.82) is 0 Å². The number of aliphatic hydroxyl groups is 1. The lowest BCUT2D eigenvalue weighted by Crippen LogP contribution is -2.25. The van der Waals surface area contributed by atoms with Gasteiger partial charge in [0.1, 0.15) is 17.6 Å². The SMILES string of the molecule is CC(O)C(C)Oc1ccc2c(c1)OC(C(=O)O)C2. The topological polar surface area (TPSA) is 76.0 Å². The van der Waals surface area contributed by atoms with Crippen LogP contribution in [0.5, 0.6) is 11.5 Å². The lowest BCUT2D eigenvalue weighted by atomic mass is 10.1. The third-order valence-electron chi connectivity index (χ3n) is 2.99. The van der Waals surface area contributed by atoms with Crippen molar-refractivity contribution in [2.24, 2.45) is 0 Å². The molecule has 0 amide bonds. The fourth-order valence-corrected chi connectivity index (χ4v) is 1.73. The summed E-state index contributed by atoms with van der Waals surface area (Å²) in [5.74, 6) is 0.136. The molecule has 0 aliphatic carbocycles. The van der Waals surface area contributed by atoms with E-state index in [0.29, 0.717) is 17.9 Å². The zero-order valence-corrected chi connectivity index (χ0v) is 10.3. The Bertz CT molecular complexity index is 455. The summed E-state index contributed by atoms with van der Waals surface area (Å²) in [7, 11) is 0. The highest BCUT2D eigenvalue weighted by Crippen LogP contribution is 2.32. The third kappa shape index (κ3) is 2.56. The molecule has 2 rings (SSSR count). The molecule has 0 saturated heterocycles. The van der Waals surface area contributed by atoms with Crippen LogP contribution in [0.4, 0.5) is 0 Å². The van der Waals surface area contributed by atoms with E-state index in [1.54, 1.807) is 32.0 Å². The Morgan fingerprint density at radius 1 is 1.50 bits per heavy atom. The lowest BCUT2D eigenvalue weighted by Gasteiger charge is -2.17. The van der Waals surface area contributed by atoms with Gasteiger partial charge in [0.25, 0.3) is 0 Å². The number of carboxylic acid groups (broad SMARTS) is 1. The van der Waals surface area contributed by atoms with Crippen molar-refractivity contribution in [1.82, 2.24) is 0 Å². The fraction of sp³-hybridized carbons (Fsp3) is 0.462. The summed E-state index contributed by atoms with van der Waals surface area (Å²) in [6.45, 7) is 3.41. The van der Waals surface area contributed by atoms with Gasteiger partial charge < -0.3 is 19.7 Å². The van der Waals surface area contributed by atoms with Gasteiger partial charge in [-0.15, -0.1) is 0 Å². The summed E-state index contributed by atoms with van der Waals surface area (Å²) in [6, 6.07) is 5.21. The number of carboxylic acids is 1. The van der Waals surface area contributed by atoms with Gasteiger partial charge in [-0.25, -0.2) is 4.79 Å². The van der Waals surface area contributed by atoms with Crippen LogP contribution in [0.3, 0.4) is 0 Å². The Labute approximate surface area is 105 Å². The van der Waals surface area contributed by atoms with Crippen LogP contribution in [0.2, 0.25) is 0 Å². The number of aliphatic hydroxyl groups excluding tert-OH is 1. The Kier molecular flexibility index (Phi) is 3.43. The van der Waals surface area contributed by atoms with Gasteiger partial charge in [0.05, 0.1) is 6.10 Å². The van der Waals surface area contributed by atoms with Gasteiger partial charge in [0.2, 0.25) is 0 Å². The van der Waals surface area contributed by atoms with Crippen molar-refractivity contribution < 1.29 is 24.5 Å². The van der Waals surface area contributed by atoms with E-state index in [-0.39, 0.29) is 6.10 Å². The van der Waals surface area contributed by atoms with Crippen molar-refractivity contribution in [3.05, 3.63) is 23.8 Å². The van der Waals surface area contributed by atoms with E-state index < -0.39 is 18.2 Å². The molecule has 3 atom stereocenters. The number of rotatable bonds is 4. The van der Waals surface area contributed by atoms with Crippen molar-refractivity contribution in [2.75, 3.05) is 0 Å². The monoisotopic (exact) mass is 252 g/mol. The average Bonchev–Trinajstić information content (AvgIpc) is 2.71. The maximum atomic E-state index is 10.8. The van der Waals surface area contributed by atoms with E-state index in [2.05, 4.69) is 0 Å². The molecule has 0 spiro atoms. The minimum Gasteiger partial charge on any atom is -0.488 e. The standard InChI is InChI=1S/C13H16O5/c1-7(14)8(2)17-10-4-3-9-5-12(13(15)16)18-11(9)6-10/h3-4,6-8,12,14H,5H2,1-2H3,(H,15,16). The molecule has 0 fully saturated rings. The lowest BCUT2D eigenvalue weighted by molar-refractivity contribution is -0.144. The molecule has 1 heterocycles. The molecule has 18 heavy (non-hydrogen) atoms. The van der Waals surface area contributed by atoms with E-state index in [9.17, 15) is 9.90 Å². The number of aliphatic carboxylic acids is 1. The van der Waals surface area contributed by atoms with Crippen molar-refractivity contribution in [3.63, 3.8) is 0 Å². The summed E-state index contributed by atoms with van der Waals surface area (Å²) >= 11 is 0. The normalized spacial score (nSPS) is 20.7. The molecule has 98 valence electrons. The predicted molar refractivity (Wildman–Crippen MR) is 64.0 cm³/mol. The highest BCUT2D eigenvalue weighted by Gasteiger charge is 2.29. The summed E-state index contributed by atoms with van der Waals surface area (Å²) in [4.78, 5) is 10.8. The second-order valence-corrected chi connectivity index (χ2v) is 4.48. The highest BCUT2D eigenvalue weighted by atomic mass is 16.5. The van der Waals surface area contributed by atoms with E-state index in [0.717, 1.165) is 5.56 Å². The van der Waals surface area contributed by atoms with E-state index >= 15 is 0 Å². The van der Waals surface area contributed by atoms with Crippen LogP contribution in [0.25, 0.3) is 0 Å². The molecule has 5 nitrogen and oxygen atoms in total. The number of hydrogen-bond acceptors (Lipinski definition) is 4. The first-order chi connectivity index (χ1) is 8.47. The maximum absolute atomic E-state index is 10.8. The molecule has 0 bridgehead atoms. The first-order valence-corrected chi connectivity index (χ1v) is 5.84. The molecule has 1 aromatic rings. The van der Waals surface area contributed by atoms with Crippen LogP contribution in [-0.2, 0) is 11.2 Å². The molecular weight excluding hydrogens is 236 g/mol. The van der Waals surface area contributed by atoms with Gasteiger partial charge >= 0.3 is 5.97 Å². The van der Waals surface area contributed by atoms with Crippen LogP contribution < -0.4 is 9.47 Å². The molecule has 0 saturated carbocycles. The van der Waals surface area contributed by atoms with Crippen LogP contribution in [-0.4, -0.2) is 34.5 Å². The molecule has 5 heteroatoms. The second-order valence-electron chi connectivity index (χ2n) is 4.48. The molecule has 1 aliphatic rings. The van der Waals surface area contributed by atoms with Crippen LogP contribution in [0.15, 0.2) is 18.2 Å². The van der Waals surface area contributed by atoms with Crippen molar-refractivity contribution in [2.45, 2.75) is 38.6 Å². The molecule has 3 unspecified atom stereocenters. The number of carbonyl (C=O) groups is 1. The predicted octanol–water partition coefficient (Wildman–Crippen LogP) is 1.22. The summed E-state index contributed by atoms with van der Waals surface area (Å²) < 4.78 is 10.8. The zero-order chi connectivity index (χ0) is 13.3. The Balaban J connectivity index is 2.11. The Morgan fingerprint density at radius 3 is 2.83 bits per heavy atom. The van der Waals surface area contributed by atoms with E-state index in [1.807, 2.05) is 0 Å². The number of ether oxygens (including phenoxy) is 2. The van der Waals surface area contributed by atoms with Crippen molar-refractivity contribution >= 4 is 5.97 Å². The molecule has 0 radical (unpaired) electrons. The second kappa shape index (κ2) is 4.86. The van der Waals surface area contributed by atoms with Gasteiger partial charge in [-0.05, 0) is 25.5 Å². The molecular formula is C13H16O5. The molecule has 1 aliphatic heterocycles. The summed E-state index contributed by atoms with van der Waals surface area (Å²) in [6.07, 6.45) is -1.35.